The first kappa shape index (κ1) is 14.7. The first-order chi connectivity index (χ1) is 9.65. The minimum absolute atomic E-state index is 0.0946. The summed E-state index contributed by atoms with van der Waals surface area (Å²) in [5.41, 5.74) is 2.04. The van der Waals surface area contributed by atoms with Crippen molar-refractivity contribution in [3.05, 3.63) is 35.6 Å². The van der Waals surface area contributed by atoms with Gasteiger partial charge in [0.25, 0.3) is 0 Å². The smallest absolute Gasteiger partial charge is 0.220 e. The van der Waals surface area contributed by atoms with Gasteiger partial charge in [0.15, 0.2) is 0 Å². The van der Waals surface area contributed by atoms with E-state index in [1.807, 2.05) is 17.5 Å². The Morgan fingerprint density at radius 2 is 2.10 bits per heavy atom. The molecule has 1 N–H and O–H groups in total. The highest BCUT2D eigenvalue weighted by atomic mass is 32.1. The normalized spacial score (nSPS) is 10.8. The molecule has 2 heterocycles. The Morgan fingerprint density at radius 3 is 2.80 bits per heavy atom. The van der Waals surface area contributed by atoms with E-state index in [1.54, 1.807) is 23.7 Å². The first-order valence-electron chi connectivity index (χ1n) is 6.76. The molecule has 0 fully saturated rings. The third kappa shape index (κ3) is 4.42. The maximum absolute atomic E-state index is 11.7. The topological polar surface area (TPSA) is 54.9 Å². The van der Waals surface area contributed by atoms with Gasteiger partial charge in [-0.2, -0.15) is 0 Å². The van der Waals surface area contributed by atoms with Gasteiger partial charge in [-0.3, -0.25) is 9.78 Å². The van der Waals surface area contributed by atoms with Crippen LogP contribution in [-0.2, 0) is 11.2 Å². The van der Waals surface area contributed by atoms with Crippen LogP contribution in [0.1, 0.15) is 26.0 Å². The van der Waals surface area contributed by atoms with Crippen LogP contribution >= 0.6 is 11.3 Å². The van der Waals surface area contributed by atoms with Crippen molar-refractivity contribution >= 4 is 17.2 Å². The summed E-state index contributed by atoms with van der Waals surface area (Å²) in [5, 5.41) is 5.92. The SMILES string of the molecule is CC(C)CNC(=O)CCc1csc(-c2ccncc2)n1. The number of thiazole rings is 1. The van der Waals surface area contributed by atoms with Crippen LogP contribution in [0.4, 0.5) is 0 Å². The number of rotatable bonds is 6. The van der Waals surface area contributed by atoms with Crippen molar-refractivity contribution < 1.29 is 4.79 Å². The standard InChI is InChI=1S/C15H19N3OS/c1-11(2)9-17-14(19)4-3-13-10-20-15(18-13)12-5-7-16-8-6-12/h5-8,10-11H,3-4,9H2,1-2H3,(H,17,19). The van der Waals surface area contributed by atoms with Gasteiger partial charge in [-0.05, 0) is 24.5 Å². The third-order valence-corrected chi connectivity index (χ3v) is 3.73. The molecule has 0 aromatic carbocycles. The van der Waals surface area contributed by atoms with Crippen LogP contribution in [0.15, 0.2) is 29.9 Å². The van der Waals surface area contributed by atoms with Gasteiger partial charge in [0.05, 0.1) is 5.69 Å². The predicted molar refractivity (Wildman–Crippen MR) is 81.5 cm³/mol. The predicted octanol–water partition coefficient (Wildman–Crippen LogP) is 2.91. The molecule has 0 atom stereocenters. The van der Waals surface area contributed by atoms with E-state index in [2.05, 4.69) is 29.1 Å². The Hall–Kier alpha value is -1.75. The Labute approximate surface area is 123 Å². The summed E-state index contributed by atoms with van der Waals surface area (Å²) in [6.45, 7) is 4.90. The number of nitrogens with one attached hydrogen (secondary N) is 1. The molecule has 0 spiro atoms. The molecule has 0 saturated heterocycles. The van der Waals surface area contributed by atoms with Gasteiger partial charge < -0.3 is 5.32 Å². The lowest BCUT2D eigenvalue weighted by Crippen LogP contribution is -2.27. The van der Waals surface area contributed by atoms with Crippen LogP contribution in [0, 0.1) is 5.92 Å². The fourth-order valence-corrected chi connectivity index (χ4v) is 2.56. The molecule has 0 radical (unpaired) electrons. The number of pyridine rings is 1. The van der Waals surface area contributed by atoms with Crippen molar-refractivity contribution in [2.24, 2.45) is 5.92 Å². The van der Waals surface area contributed by atoms with E-state index in [0.29, 0.717) is 18.8 Å². The zero-order valence-electron chi connectivity index (χ0n) is 11.8. The second-order valence-corrected chi connectivity index (χ2v) is 5.94. The molecule has 0 aliphatic carbocycles. The molecule has 2 aromatic heterocycles. The van der Waals surface area contributed by atoms with E-state index in [1.165, 1.54) is 0 Å². The highest BCUT2D eigenvalue weighted by Crippen LogP contribution is 2.23. The fourth-order valence-electron chi connectivity index (χ4n) is 1.70. The molecule has 0 aliphatic heterocycles. The summed E-state index contributed by atoms with van der Waals surface area (Å²) in [4.78, 5) is 20.2. The van der Waals surface area contributed by atoms with Crippen molar-refractivity contribution in [1.82, 2.24) is 15.3 Å². The number of nitrogens with zero attached hydrogens (tertiary/aromatic N) is 2. The van der Waals surface area contributed by atoms with Crippen LogP contribution < -0.4 is 5.32 Å². The summed E-state index contributed by atoms with van der Waals surface area (Å²) in [7, 11) is 0. The summed E-state index contributed by atoms with van der Waals surface area (Å²) in [6, 6.07) is 3.88. The molecular weight excluding hydrogens is 270 g/mol. The molecule has 5 heteroatoms. The Kier molecular flexibility index (Phi) is 5.24. The molecule has 1 amide bonds. The van der Waals surface area contributed by atoms with Gasteiger partial charge in [-0.25, -0.2) is 4.98 Å². The largest absolute Gasteiger partial charge is 0.356 e. The van der Waals surface area contributed by atoms with E-state index < -0.39 is 0 Å². The minimum atomic E-state index is 0.0946. The zero-order chi connectivity index (χ0) is 14.4. The molecule has 0 aliphatic rings. The summed E-state index contributed by atoms with van der Waals surface area (Å²) >= 11 is 1.60. The van der Waals surface area contributed by atoms with E-state index >= 15 is 0 Å². The average Bonchev–Trinajstić information content (AvgIpc) is 2.93. The lowest BCUT2D eigenvalue weighted by molar-refractivity contribution is -0.121. The number of carbonyl (C=O) groups is 1. The lowest BCUT2D eigenvalue weighted by atomic mass is 10.2. The van der Waals surface area contributed by atoms with Crippen molar-refractivity contribution in [2.75, 3.05) is 6.54 Å². The molecule has 20 heavy (non-hydrogen) atoms. The van der Waals surface area contributed by atoms with Crippen molar-refractivity contribution in [3.8, 4) is 10.6 Å². The van der Waals surface area contributed by atoms with Crippen molar-refractivity contribution in [2.45, 2.75) is 26.7 Å². The number of carbonyl (C=O) groups excluding carboxylic acids is 1. The summed E-state index contributed by atoms with van der Waals surface area (Å²) < 4.78 is 0. The molecule has 2 rings (SSSR count). The molecule has 0 bridgehead atoms. The molecular formula is C15H19N3OS. The molecule has 2 aromatic rings. The summed E-state index contributed by atoms with van der Waals surface area (Å²) in [6.07, 6.45) is 4.70. The van der Waals surface area contributed by atoms with Gasteiger partial charge in [-0.15, -0.1) is 11.3 Å². The van der Waals surface area contributed by atoms with Crippen LogP contribution in [0.3, 0.4) is 0 Å². The monoisotopic (exact) mass is 289 g/mol. The Bertz CT molecular complexity index is 551. The Morgan fingerprint density at radius 1 is 1.35 bits per heavy atom. The number of aryl methyl sites for hydroxylation is 1. The van der Waals surface area contributed by atoms with Crippen LogP contribution in [0.2, 0.25) is 0 Å². The fraction of sp³-hybridized carbons (Fsp3) is 0.400. The first-order valence-corrected chi connectivity index (χ1v) is 7.64. The van der Waals surface area contributed by atoms with Gasteiger partial charge in [0.2, 0.25) is 5.91 Å². The highest BCUT2D eigenvalue weighted by Gasteiger charge is 2.07. The van der Waals surface area contributed by atoms with Crippen molar-refractivity contribution in [3.63, 3.8) is 0 Å². The van der Waals surface area contributed by atoms with Gasteiger partial charge in [-0.1, -0.05) is 13.8 Å². The van der Waals surface area contributed by atoms with Crippen LogP contribution in [-0.4, -0.2) is 22.4 Å². The quantitative estimate of drug-likeness (QED) is 0.889. The molecule has 4 nitrogen and oxygen atoms in total. The van der Waals surface area contributed by atoms with E-state index in [4.69, 9.17) is 0 Å². The van der Waals surface area contributed by atoms with Crippen molar-refractivity contribution in [1.29, 1.82) is 0 Å². The summed E-state index contributed by atoms with van der Waals surface area (Å²) in [5.74, 6) is 0.577. The Balaban J connectivity index is 1.86. The van der Waals surface area contributed by atoms with Gasteiger partial charge in [0, 0.05) is 36.3 Å². The highest BCUT2D eigenvalue weighted by molar-refractivity contribution is 7.13. The number of hydrogen-bond acceptors (Lipinski definition) is 4. The van der Waals surface area contributed by atoms with E-state index in [-0.39, 0.29) is 5.91 Å². The minimum Gasteiger partial charge on any atom is -0.356 e. The second-order valence-electron chi connectivity index (χ2n) is 5.08. The van der Waals surface area contributed by atoms with Gasteiger partial charge >= 0.3 is 0 Å². The number of hydrogen-bond donors (Lipinski definition) is 1. The number of aromatic nitrogens is 2. The molecule has 106 valence electrons. The van der Waals surface area contributed by atoms with Gasteiger partial charge in [0.1, 0.15) is 5.01 Å². The maximum Gasteiger partial charge on any atom is 0.220 e. The lowest BCUT2D eigenvalue weighted by Gasteiger charge is -2.06. The average molecular weight is 289 g/mol. The molecule has 0 saturated carbocycles. The van der Waals surface area contributed by atoms with E-state index in [0.717, 1.165) is 22.8 Å². The van der Waals surface area contributed by atoms with Crippen LogP contribution in [0.5, 0.6) is 0 Å². The van der Waals surface area contributed by atoms with Crippen LogP contribution in [0.25, 0.3) is 10.6 Å². The second kappa shape index (κ2) is 7.14. The third-order valence-electron chi connectivity index (χ3n) is 2.79. The molecule has 0 unspecified atom stereocenters. The maximum atomic E-state index is 11.7. The number of amides is 1. The zero-order valence-corrected chi connectivity index (χ0v) is 12.6. The van der Waals surface area contributed by atoms with E-state index in [9.17, 15) is 4.79 Å².